The van der Waals surface area contributed by atoms with Gasteiger partial charge in [-0.05, 0) is 12.8 Å². The fourth-order valence-corrected chi connectivity index (χ4v) is 1.79. The van der Waals surface area contributed by atoms with E-state index in [1.54, 1.807) is 0 Å². The second-order valence-corrected chi connectivity index (χ2v) is 5.49. The van der Waals surface area contributed by atoms with E-state index < -0.39 is 11.9 Å². The predicted molar refractivity (Wildman–Crippen MR) is 89.0 cm³/mol. The molecule has 6 nitrogen and oxygen atoms in total. The molecule has 0 spiro atoms. The number of carboxylic acid groups (broad SMARTS) is 2. The molecule has 0 radical (unpaired) electrons. The van der Waals surface area contributed by atoms with Gasteiger partial charge in [-0.1, -0.05) is 52.4 Å². The van der Waals surface area contributed by atoms with Crippen LogP contribution in [0, 0.1) is 0 Å². The zero-order chi connectivity index (χ0) is 17.4. The third kappa shape index (κ3) is 23.9. The van der Waals surface area contributed by atoms with Crippen molar-refractivity contribution in [3.63, 3.8) is 0 Å². The maximum atomic E-state index is 9.76. The van der Waals surface area contributed by atoms with E-state index in [4.69, 9.17) is 21.7 Å². The zero-order valence-corrected chi connectivity index (χ0v) is 16.5. The van der Waals surface area contributed by atoms with Gasteiger partial charge in [0.1, 0.15) is 0 Å². The van der Waals surface area contributed by atoms with Crippen molar-refractivity contribution in [3.05, 3.63) is 11.5 Å². The summed E-state index contributed by atoms with van der Waals surface area (Å²) >= 11 is 0. The molecular formula is C16H32N2O4Pt. The average molecular weight is 512 g/mol. The van der Waals surface area contributed by atoms with E-state index in [0.29, 0.717) is 12.8 Å². The van der Waals surface area contributed by atoms with Crippen LogP contribution in [0.25, 0.3) is 11.5 Å². The van der Waals surface area contributed by atoms with E-state index in [1.165, 1.54) is 12.8 Å². The molecule has 1 rings (SSSR count). The Morgan fingerprint density at radius 1 is 0.870 bits per heavy atom. The van der Waals surface area contributed by atoms with Crippen molar-refractivity contribution >= 4 is 11.9 Å². The summed E-state index contributed by atoms with van der Waals surface area (Å²) in [5.41, 5.74) is 14.6. The molecule has 0 saturated heterocycles. The molecule has 0 amide bonds. The fourth-order valence-electron chi connectivity index (χ4n) is 1.79. The van der Waals surface area contributed by atoms with Crippen molar-refractivity contribution < 1.29 is 40.9 Å². The summed E-state index contributed by atoms with van der Waals surface area (Å²) in [6.45, 7) is 3.95. The first-order valence-corrected chi connectivity index (χ1v) is 8.20. The second-order valence-electron chi connectivity index (χ2n) is 5.49. The largest absolute Gasteiger partial charge is 2.00 e. The summed E-state index contributed by atoms with van der Waals surface area (Å²) < 4.78 is 0. The Kier molecular flexibility index (Phi) is 23.3. The Balaban J connectivity index is -0.000000257. The van der Waals surface area contributed by atoms with Gasteiger partial charge in [0.15, 0.2) is 0 Å². The molecule has 0 heterocycles. The third-order valence-electron chi connectivity index (χ3n) is 3.25. The fraction of sp³-hybridized carbons (Fsp3) is 0.875. The summed E-state index contributed by atoms with van der Waals surface area (Å²) in [4.78, 5) is 19.5. The first-order chi connectivity index (χ1) is 10.3. The summed E-state index contributed by atoms with van der Waals surface area (Å²) in [7, 11) is 0. The van der Waals surface area contributed by atoms with Crippen LogP contribution < -0.4 is 0 Å². The smallest absolute Gasteiger partial charge is 0.676 e. The number of unbranched alkanes of at least 4 members (excludes halogenated alkanes) is 2. The summed E-state index contributed by atoms with van der Waals surface area (Å²) in [5, 5.41) is 16.1. The number of aliphatic carboxylic acids is 2. The molecule has 140 valence electrons. The topological polar surface area (TPSA) is 122 Å². The van der Waals surface area contributed by atoms with Crippen LogP contribution in [0.1, 0.15) is 78.1 Å². The molecule has 23 heavy (non-hydrogen) atoms. The monoisotopic (exact) mass is 511 g/mol. The minimum atomic E-state index is -0.693. The Morgan fingerprint density at radius 3 is 1.30 bits per heavy atom. The van der Waals surface area contributed by atoms with Crippen LogP contribution in [0.3, 0.4) is 0 Å². The molecular weight excluding hydrogens is 479 g/mol. The molecule has 1 aliphatic carbocycles. The van der Waals surface area contributed by atoms with Crippen LogP contribution in [0.2, 0.25) is 0 Å². The van der Waals surface area contributed by atoms with Gasteiger partial charge in [-0.15, -0.1) is 0 Å². The first-order valence-electron chi connectivity index (χ1n) is 8.20. The number of carboxylic acids is 2. The molecule has 0 bridgehead atoms. The Morgan fingerprint density at radius 2 is 1.17 bits per heavy atom. The van der Waals surface area contributed by atoms with E-state index in [-0.39, 0.29) is 33.1 Å². The van der Waals surface area contributed by atoms with Crippen molar-refractivity contribution in [2.24, 2.45) is 0 Å². The van der Waals surface area contributed by atoms with Crippen molar-refractivity contribution in [3.8, 4) is 0 Å². The van der Waals surface area contributed by atoms with Gasteiger partial charge in [0, 0.05) is 12.8 Å². The van der Waals surface area contributed by atoms with E-state index in [1.807, 2.05) is 13.8 Å². The Labute approximate surface area is 154 Å². The van der Waals surface area contributed by atoms with Crippen LogP contribution >= 0.6 is 0 Å². The molecule has 4 N–H and O–H groups in total. The molecule has 0 aromatic carbocycles. The zero-order valence-electron chi connectivity index (χ0n) is 14.3. The van der Waals surface area contributed by atoms with E-state index >= 15 is 0 Å². The van der Waals surface area contributed by atoms with E-state index in [9.17, 15) is 9.59 Å². The molecule has 1 saturated carbocycles. The van der Waals surface area contributed by atoms with Gasteiger partial charge in [0.2, 0.25) is 0 Å². The number of rotatable bonds is 6. The number of hydrogen-bond donors (Lipinski definition) is 2. The van der Waals surface area contributed by atoms with E-state index in [2.05, 4.69) is 0 Å². The van der Waals surface area contributed by atoms with Crippen LogP contribution in [0.5, 0.6) is 0 Å². The quantitative estimate of drug-likeness (QED) is 0.525. The van der Waals surface area contributed by atoms with Gasteiger partial charge >= 0.3 is 33.0 Å². The predicted octanol–water partition coefficient (Wildman–Crippen LogP) is 4.92. The van der Waals surface area contributed by atoms with Gasteiger partial charge < -0.3 is 21.7 Å². The SMILES string of the molecule is CCCCC(=O)O.CCCCC(=O)O.[NH-]C1CCCCC1[NH-].[Pt+2]. The van der Waals surface area contributed by atoms with E-state index in [0.717, 1.165) is 38.5 Å². The molecule has 0 aliphatic heterocycles. The van der Waals surface area contributed by atoms with Crippen molar-refractivity contribution in [2.75, 3.05) is 0 Å². The summed E-state index contributed by atoms with van der Waals surface area (Å²) in [5.74, 6) is -1.39. The molecule has 0 aromatic rings. The van der Waals surface area contributed by atoms with Gasteiger partial charge in [-0.3, -0.25) is 9.59 Å². The molecule has 1 fully saturated rings. The van der Waals surface area contributed by atoms with Crippen molar-refractivity contribution in [2.45, 2.75) is 90.1 Å². The molecule has 2 unspecified atom stereocenters. The van der Waals surface area contributed by atoms with Crippen molar-refractivity contribution in [1.82, 2.24) is 0 Å². The Hall–Kier alpha value is -0.452. The minimum absolute atomic E-state index is 0. The standard InChI is InChI=1S/C6H12N2.2C5H10O2.Pt/c7-5-3-1-2-4-6(5)8;2*1-2-3-4-5(6)7;/h5-8H,1-4H2;2*2-4H2,1H3,(H,6,7);/q-2;;;+2. The normalized spacial score (nSPS) is 19.1. The number of hydrogen-bond acceptors (Lipinski definition) is 2. The second kappa shape index (κ2) is 19.6. The van der Waals surface area contributed by atoms with Crippen LogP contribution in [-0.4, -0.2) is 34.2 Å². The van der Waals surface area contributed by atoms with Crippen LogP contribution in [0.4, 0.5) is 0 Å². The molecule has 1 aliphatic rings. The summed E-state index contributed by atoms with van der Waals surface area (Å²) in [6, 6.07) is -0.160. The summed E-state index contributed by atoms with van der Waals surface area (Å²) in [6.07, 6.45) is 8.41. The Bertz CT molecular complexity index is 263. The average Bonchev–Trinajstić information content (AvgIpc) is 2.47. The van der Waals surface area contributed by atoms with Gasteiger partial charge in [-0.25, -0.2) is 0 Å². The first kappa shape index (κ1) is 27.4. The molecule has 7 heteroatoms. The minimum Gasteiger partial charge on any atom is -0.676 e. The molecule has 0 aromatic heterocycles. The third-order valence-corrected chi connectivity index (χ3v) is 3.25. The number of carbonyl (C=O) groups is 2. The van der Waals surface area contributed by atoms with Gasteiger partial charge in [0.25, 0.3) is 0 Å². The van der Waals surface area contributed by atoms with Crippen LogP contribution in [0.15, 0.2) is 0 Å². The maximum absolute atomic E-state index is 9.76. The van der Waals surface area contributed by atoms with Crippen molar-refractivity contribution in [1.29, 1.82) is 0 Å². The van der Waals surface area contributed by atoms with Gasteiger partial charge in [0.05, 0.1) is 0 Å². The van der Waals surface area contributed by atoms with Gasteiger partial charge in [-0.2, -0.15) is 12.1 Å². The molecule has 2 atom stereocenters. The maximum Gasteiger partial charge on any atom is 2.00 e. The number of nitrogens with one attached hydrogen (secondary N) is 2. The van der Waals surface area contributed by atoms with Crippen LogP contribution in [-0.2, 0) is 30.7 Å².